The summed E-state index contributed by atoms with van der Waals surface area (Å²) in [5, 5.41) is 3.97. The minimum Gasteiger partial charge on any atom is -0.326 e. The molecule has 1 amide bonds. The molecule has 0 atom stereocenters. The molecule has 2 aromatic heterocycles. The molecule has 144 valence electrons. The largest absolute Gasteiger partial charge is 0.326 e. The topological polar surface area (TPSA) is 76.9 Å². The number of amides is 1. The average molecular weight is 402 g/mol. The van der Waals surface area contributed by atoms with Crippen molar-refractivity contribution in [3.8, 4) is 5.69 Å². The van der Waals surface area contributed by atoms with Crippen molar-refractivity contribution in [3.63, 3.8) is 0 Å². The van der Waals surface area contributed by atoms with Gasteiger partial charge in [0, 0.05) is 30.3 Å². The molecule has 0 saturated heterocycles. The lowest BCUT2D eigenvalue weighted by atomic mass is 10.2. The number of carbonyl (C=O) groups is 1. The fraction of sp³-hybridized carbons (Fsp3) is 0.0909. The molecular formula is C22H18N4O2S. The second-order valence-corrected chi connectivity index (χ2v) is 7.33. The Morgan fingerprint density at radius 1 is 0.966 bits per heavy atom. The third kappa shape index (κ3) is 4.35. The van der Waals surface area contributed by atoms with E-state index in [1.165, 1.54) is 11.8 Å². The lowest BCUT2D eigenvalue weighted by molar-refractivity contribution is -0.115. The molecule has 0 radical (unpaired) electrons. The van der Waals surface area contributed by atoms with Gasteiger partial charge in [-0.2, -0.15) is 0 Å². The van der Waals surface area contributed by atoms with Crippen molar-refractivity contribution < 1.29 is 4.79 Å². The Morgan fingerprint density at radius 3 is 2.48 bits per heavy atom. The van der Waals surface area contributed by atoms with E-state index in [-0.39, 0.29) is 11.5 Å². The molecule has 1 N–H and O–H groups in total. The molecule has 0 aliphatic heterocycles. The molecule has 0 saturated carbocycles. The van der Waals surface area contributed by atoms with Crippen LogP contribution >= 0.6 is 11.8 Å². The molecule has 4 rings (SSSR count). The number of para-hydroxylation sites is 2. The minimum absolute atomic E-state index is 0.0990. The van der Waals surface area contributed by atoms with Crippen molar-refractivity contribution in [3.05, 3.63) is 89.5 Å². The maximum absolute atomic E-state index is 13.1. The Morgan fingerprint density at radius 2 is 1.69 bits per heavy atom. The molecule has 6 nitrogen and oxygen atoms in total. The molecule has 0 fully saturated rings. The minimum atomic E-state index is -0.120. The first kappa shape index (κ1) is 18.9. The van der Waals surface area contributed by atoms with Gasteiger partial charge in [0.1, 0.15) is 0 Å². The molecule has 7 heteroatoms. The van der Waals surface area contributed by atoms with Crippen LogP contribution in [0.3, 0.4) is 0 Å². The predicted octanol–water partition coefficient (Wildman–Crippen LogP) is 3.90. The number of fused-ring (bicyclic) bond motifs is 1. The van der Waals surface area contributed by atoms with Crippen LogP contribution in [-0.2, 0) is 4.79 Å². The van der Waals surface area contributed by atoms with Gasteiger partial charge in [-0.3, -0.25) is 19.1 Å². The van der Waals surface area contributed by atoms with E-state index >= 15 is 0 Å². The van der Waals surface area contributed by atoms with E-state index in [0.29, 0.717) is 33.9 Å². The molecule has 2 heterocycles. The maximum Gasteiger partial charge on any atom is 0.266 e. The number of nitrogens with zero attached hydrogens (tertiary/aromatic N) is 3. The number of nitrogens with one attached hydrogen (secondary N) is 1. The van der Waals surface area contributed by atoms with Crippen molar-refractivity contribution >= 4 is 34.3 Å². The number of pyridine rings is 1. The second-order valence-electron chi connectivity index (χ2n) is 6.27. The Bertz CT molecular complexity index is 1190. The van der Waals surface area contributed by atoms with E-state index in [1.54, 1.807) is 35.2 Å². The van der Waals surface area contributed by atoms with Crippen LogP contribution in [0.15, 0.2) is 89.1 Å². The summed E-state index contributed by atoms with van der Waals surface area (Å²) < 4.78 is 1.60. The summed E-state index contributed by atoms with van der Waals surface area (Å²) in [6, 6.07) is 20.2. The van der Waals surface area contributed by atoms with Gasteiger partial charge in [0.2, 0.25) is 5.91 Å². The predicted molar refractivity (Wildman–Crippen MR) is 116 cm³/mol. The molecule has 0 aliphatic rings. The highest BCUT2D eigenvalue weighted by Gasteiger charge is 2.13. The zero-order valence-electron chi connectivity index (χ0n) is 15.5. The Labute approximate surface area is 171 Å². The first-order chi connectivity index (χ1) is 14.2. The second kappa shape index (κ2) is 8.70. The van der Waals surface area contributed by atoms with E-state index in [4.69, 9.17) is 0 Å². The lowest BCUT2D eigenvalue weighted by Gasteiger charge is -2.13. The zero-order chi connectivity index (χ0) is 20.1. The molecule has 0 unspecified atom stereocenters. The van der Waals surface area contributed by atoms with Crippen LogP contribution in [0.4, 0.5) is 5.69 Å². The van der Waals surface area contributed by atoms with Crippen molar-refractivity contribution in [2.45, 2.75) is 11.6 Å². The number of aromatic nitrogens is 3. The molecule has 0 spiro atoms. The van der Waals surface area contributed by atoms with E-state index < -0.39 is 0 Å². The molecule has 0 aliphatic carbocycles. The number of hydrogen-bond donors (Lipinski definition) is 1. The smallest absolute Gasteiger partial charge is 0.266 e. The Hall–Kier alpha value is -3.45. The van der Waals surface area contributed by atoms with Crippen LogP contribution in [0.5, 0.6) is 0 Å². The van der Waals surface area contributed by atoms with Gasteiger partial charge in [-0.15, -0.1) is 0 Å². The summed E-state index contributed by atoms with van der Waals surface area (Å²) in [5.41, 5.74) is 1.98. The van der Waals surface area contributed by atoms with E-state index in [0.717, 1.165) is 5.69 Å². The highest BCUT2D eigenvalue weighted by atomic mass is 32.2. The molecular weight excluding hydrogens is 384 g/mol. The maximum atomic E-state index is 13.1. The van der Waals surface area contributed by atoms with Gasteiger partial charge in [0.25, 0.3) is 5.56 Å². The summed E-state index contributed by atoms with van der Waals surface area (Å²) in [6.07, 6.45) is 3.55. The van der Waals surface area contributed by atoms with Crippen LogP contribution < -0.4 is 10.9 Å². The van der Waals surface area contributed by atoms with Gasteiger partial charge in [-0.1, -0.05) is 42.1 Å². The van der Waals surface area contributed by atoms with Crippen molar-refractivity contribution in [1.29, 1.82) is 0 Å². The summed E-state index contributed by atoms with van der Waals surface area (Å²) in [4.78, 5) is 33.9. The van der Waals surface area contributed by atoms with Gasteiger partial charge in [-0.05, 0) is 36.4 Å². The summed E-state index contributed by atoms with van der Waals surface area (Å²) >= 11 is 1.39. The normalized spacial score (nSPS) is 10.8. The van der Waals surface area contributed by atoms with Crippen LogP contribution in [0.2, 0.25) is 0 Å². The van der Waals surface area contributed by atoms with Crippen molar-refractivity contribution in [2.24, 2.45) is 0 Å². The number of benzene rings is 2. The van der Waals surface area contributed by atoms with Gasteiger partial charge in [0.15, 0.2) is 5.16 Å². The summed E-state index contributed by atoms with van der Waals surface area (Å²) in [5.74, 6) is 0.396. The molecule has 29 heavy (non-hydrogen) atoms. The number of thioether (sulfide) groups is 1. The summed E-state index contributed by atoms with van der Waals surface area (Å²) in [7, 11) is 0. The Kier molecular flexibility index (Phi) is 5.67. The van der Waals surface area contributed by atoms with E-state index in [2.05, 4.69) is 15.3 Å². The van der Waals surface area contributed by atoms with Crippen LogP contribution in [0.1, 0.15) is 6.42 Å². The Balaban J connectivity index is 1.58. The van der Waals surface area contributed by atoms with Crippen LogP contribution in [0.25, 0.3) is 16.6 Å². The molecule has 0 bridgehead atoms. The first-order valence-corrected chi connectivity index (χ1v) is 10.1. The fourth-order valence-electron chi connectivity index (χ4n) is 2.91. The summed E-state index contributed by atoms with van der Waals surface area (Å²) in [6.45, 7) is 0. The van der Waals surface area contributed by atoms with Crippen LogP contribution in [0, 0.1) is 0 Å². The first-order valence-electron chi connectivity index (χ1n) is 9.12. The molecule has 2 aromatic carbocycles. The number of hydrogen-bond acceptors (Lipinski definition) is 5. The van der Waals surface area contributed by atoms with Gasteiger partial charge in [-0.25, -0.2) is 4.98 Å². The highest BCUT2D eigenvalue weighted by Crippen LogP contribution is 2.22. The average Bonchev–Trinajstić information content (AvgIpc) is 2.75. The van der Waals surface area contributed by atoms with E-state index in [1.807, 2.05) is 48.5 Å². The van der Waals surface area contributed by atoms with Gasteiger partial charge in [0.05, 0.1) is 16.6 Å². The SMILES string of the molecule is O=C(CCSc1nc2ccccc2c(=O)n1-c1ccccc1)Nc1ccncc1. The van der Waals surface area contributed by atoms with Gasteiger partial charge >= 0.3 is 0 Å². The van der Waals surface area contributed by atoms with Crippen molar-refractivity contribution in [2.75, 3.05) is 11.1 Å². The number of rotatable bonds is 6. The van der Waals surface area contributed by atoms with Crippen LogP contribution in [-0.4, -0.2) is 26.2 Å². The zero-order valence-corrected chi connectivity index (χ0v) is 16.3. The number of carbonyl (C=O) groups excluding carboxylic acids is 1. The van der Waals surface area contributed by atoms with Crippen molar-refractivity contribution in [1.82, 2.24) is 14.5 Å². The number of anilines is 1. The standard InChI is InChI=1S/C22H18N4O2S/c27-20(24-16-10-13-23-14-11-16)12-15-29-22-25-19-9-5-4-8-18(19)21(28)26(22)17-6-2-1-3-7-17/h1-11,13-14H,12,15H2,(H,23,24,27). The molecule has 4 aromatic rings. The monoisotopic (exact) mass is 402 g/mol. The third-order valence-electron chi connectivity index (χ3n) is 4.28. The lowest BCUT2D eigenvalue weighted by Crippen LogP contribution is -2.22. The van der Waals surface area contributed by atoms with Gasteiger partial charge < -0.3 is 5.32 Å². The van der Waals surface area contributed by atoms with E-state index in [9.17, 15) is 9.59 Å². The third-order valence-corrected chi connectivity index (χ3v) is 5.22. The fourth-order valence-corrected chi connectivity index (χ4v) is 3.86. The highest BCUT2D eigenvalue weighted by molar-refractivity contribution is 7.99. The quantitative estimate of drug-likeness (QED) is 0.391.